The van der Waals surface area contributed by atoms with Crippen LogP contribution in [0.2, 0.25) is 0 Å². The first-order valence-corrected chi connectivity index (χ1v) is 5.70. The second-order valence-corrected chi connectivity index (χ2v) is 3.57. The van der Waals surface area contributed by atoms with E-state index in [4.69, 9.17) is 9.47 Å². The molecule has 0 aromatic rings. The van der Waals surface area contributed by atoms with E-state index >= 15 is 0 Å². The lowest BCUT2D eigenvalue weighted by Gasteiger charge is -2.11. The molecule has 0 aromatic carbocycles. The van der Waals surface area contributed by atoms with Crippen LogP contribution in [-0.4, -0.2) is 24.6 Å². The van der Waals surface area contributed by atoms with Crippen LogP contribution in [0.5, 0.6) is 0 Å². The van der Waals surface area contributed by atoms with E-state index in [-0.39, 0.29) is 5.97 Å². The Morgan fingerprint density at radius 3 is 2.36 bits per heavy atom. The predicted molar refractivity (Wildman–Crippen MR) is 59.5 cm³/mol. The molecule has 0 saturated heterocycles. The number of hydrogen-bond acceptors (Lipinski definition) is 4. The highest BCUT2D eigenvalue weighted by Gasteiger charge is 2.14. The molecule has 1 unspecified atom stereocenters. The van der Waals surface area contributed by atoms with Gasteiger partial charge in [0.05, 0.1) is 6.61 Å². The van der Waals surface area contributed by atoms with Gasteiger partial charge in [0.25, 0.3) is 0 Å². The summed E-state index contributed by atoms with van der Waals surface area (Å²) in [6.07, 6.45) is 3.90. The van der Waals surface area contributed by atoms with Gasteiger partial charge in [-0.25, -0.2) is 4.79 Å². The predicted octanol–water partition coefficient (Wildman–Crippen LogP) is 2.40. The molecule has 4 heteroatoms. The fraction of sp³-hybridized carbons (Fsp3) is 0.900. The molecule has 0 saturated carbocycles. The van der Waals surface area contributed by atoms with Crippen molar-refractivity contribution in [3.05, 3.63) is 0 Å². The third-order valence-corrected chi connectivity index (χ3v) is 2.08. The minimum Gasteiger partial charge on any atom is -0.463 e. The molecule has 0 bridgehead atoms. The fourth-order valence-electron chi connectivity index (χ4n) is 0.796. The van der Waals surface area contributed by atoms with Crippen molar-refractivity contribution >= 4 is 18.6 Å². The van der Waals surface area contributed by atoms with Gasteiger partial charge in [0.2, 0.25) is 0 Å². The first-order chi connectivity index (χ1) is 6.72. The van der Waals surface area contributed by atoms with Crippen molar-refractivity contribution < 1.29 is 14.3 Å². The normalized spacial score (nSPS) is 12.5. The third kappa shape index (κ3) is 7.21. The van der Waals surface area contributed by atoms with Gasteiger partial charge in [0.15, 0.2) is 5.44 Å². The molecule has 0 N–H and O–H groups in total. The summed E-state index contributed by atoms with van der Waals surface area (Å²) in [7, 11) is 0. The molecule has 0 fully saturated rings. The number of carbonyl (C=O) groups is 1. The standard InChI is InChI=1S/C10H20O3S/c1-3-5-7-12-9(11)10(14)13-8-6-4-2/h10,14H,3-8H2,1-2H3. The smallest absolute Gasteiger partial charge is 0.345 e. The molecule has 0 aliphatic carbocycles. The van der Waals surface area contributed by atoms with Crippen LogP contribution in [0.25, 0.3) is 0 Å². The summed E-state index contributed by atoms with van der Waals surface area (Å²) in [5.74, 6) is -0.377. The van der Waals surface area contributed by atoms with Crippen molar-refractivity contribution in [2.75, 3.05) is 13.2 Å². The molecule has 0 radical (unpaired) electrons. The van der Waals surface area contributed by atoms with Crippen LogP contribution in [0.15, 0.2) is 0 Å². The van der Waals surface area contributed by atoms with Crippen molar-refractivity contribution in [1.29, 1.82) is 0 Å². The van der Waals surface area contributed by atoms with E-state index in [9.17, 15) is 4.79 Å². The van der Waals surface area contributed by atoms with Gasteiger partial charge in [-0.2, -0.15) is 0 Å². The minimum atomic E-state index is -0.724. The van der Waals surface area contributed by atoms with Gasteiger partial charge in [0.1, 0.15) is 0 Å². The summed E-state index contributed by atoms with van der Waals surface area (Å²) in [6.45, 7) is 5.14. The molecular formula is C10H20O3S. The average molecular weight is 220 g/mol. The maximum absolute atomic E-state index is 11.2. The maximum Gasteiger partial charge on any atom is 0.345 e. The molecule has 84 valence electrons. The monoisotopic (exact) mass is 220 g/mol. The topological polar surface area (TPSA) is 35.5 Å². The minimum absolute atomic E-state index is 0.377. The third-order valence-electron chi connectivity index (χ3n) is 1.72. The SMILES string of the molecule is CCCCOC(=O)C(S)OCCCC. The van der Waals surface area contributed by atoms with E-state index in [1.54, 1.807) is 0 Å². The number of esters is 1. The Kier molecular flexibility index (Phi) is 9.19. The Bertz CT molecular complexity index is 150. The van der Waals surface area contributed by atoms with E-state index in [0.29, 0.717) is 13.2 Å². The zero-order chi connectivity index (χ0) is 10.8. The van der Waals surface area contributed by atoms with Crippen LogP contribution in [0.1, 0.15) is 39.5 Å². The summed E-state index contributed by atoms with van der Waals surface area (Å²) in [5.41, 5.74) is -0.724. The van der Waals surface area contributed by atoms with E-state index in [2.05, 4.69) is 19.6 Å². The molecule has 0 aliphatic rings. The van der Waals surface area contributed by atoms with E-state index in [1.165, 1.54) is 0 Å². The molecule has 1 atom stereocenters. The van der Waals surface area contributed by atoms with Gasteiger partial charge in [-0.3, -0.25) is 0 Å². The van der Waals surface area contributed by atoms with Crippen LogP contribution < -0.4 is 0 Å². The molecule has 0 aromatic heterocycles. The average Bonchev–Trinajstić information content (AvgIpc) is 2.18. The van der Waals surface area contributed by atoms with Crippen molar-refractivity contribution in [3.8, 4) is 0 Å². The Labute approximate surface area is 91.6 Å². The lowest BCUT2D eigenvalue weighted by Crippen LogP contribution is -2.22. The van der Waals surface area contributed by atoms with Crippen LogP contribution in [-0.2, 0) is 14.3 Å². The lowest BCUT2D eigenvalue weighted by atomic mass is 10.4. The summed E-state index contributed by atoms with van der Waals surface area (Å²) < 4.78 is 10.1. The fourth-order valence-corrected chi connectivity index (χ4v) is 0.976. The van der Waals surface area contributed by atoms with Crippen LogP contribution in [0, 0.1) is 0 Å². The molecule has 3 nitrogen and oxygen atoms in total. The van der Waals surface area contributed by atoms with Crippen LogP contribution in [0.3, 0.4) is 0 Å². The Hall–Kier alpha value is -0.220. The zero-order valence-corrected chi connectivity index (χ0v) is 9.89. The first kappa shape index (κ1) is 13.8. The molecule has 14 heavy (non-hydrogen) atoms. The second-order valence-electron chi connectivity index (χ2n) is 3.10. The van der Waals surface area contributed by atoms with Gasteiger partial charge in [-0.05, 0) is 12.8 Å². The Morgan fingerprint density at radius 1 is 1.21 bits per heavy atom. The second kappa shape index (κ2) is 9.34. The quantitative estimate of drug-likeness (QED) is 0.295. The Morgan fingerprint density at radius 2 is 1.79 bits per heavy atom. The molecule has 0 rings (SSSR count). The first-order valence-electron chi connectivity index (χ1n) is 5.18. The van der Waals surface area contributed by atoms with Crippen LogP contribution >= 0.6 is 12.6 Å². The highest BCUT2D eigenvalue weighted by molar-refractivity contribution is 7.81. The van der Waals surface area contributed by atoms with Crippen molar-refractivity contribution in [2.24, 2.45) is 0 Å². The van der Waals surface area contributed by atoms with Crippen LogP contribution in [0.4, 0.5) is 0 Å². The van der Waals surface area contributed by atoms with Gasteiger partial charge < -0.3 is 9.47 Å². The van der Waals surface area contributed by atoms with Crippen molar-refractivity contribution in [2.45, 2.75) is 45.0 Å². The number of thiol groups is 1. The largest absolute Gasteiger partial charge is 0.463 e. The number of carbonyl (C=O) groups excluding carboxylic acids is 1. The van der Waals surface area contributed by atoms with Gasteiger partial charge in [0, 0.05) is 6.61 Å². The van der Waals surface area contributed by atoms with Gasteiger partial charge in [-0.15, -0.1) is 12.6 Å². The Balaban J connectivity index is 3.44. The molecule has 0 aliphatic heterocycles. The molecule has 0 spiro atoms. The van der Waals surface area contributed by atoms with Crippen molar-refractivity contribution in [1.82, 2.24) is 0 Å². The number of ether oxygens (including phenoxy) is 2. The summed E-state index contributed by atoms with van der Waals surface area (Å²) in [6, 6.07) is 0. The summed E-state index contributed by atoms with van der Waals surface area (Å²) in [5, 5.41) is 0. The number of rotatable bonds is 8. The number of unbranched alkanes of at least 4 members (excludes halogenated alkanes) is 2. The maximum atomic E-state index is 11.2. The lowest BCUT2D eigenvalue weighted by molar-refractivity contribution is -0.151. The van der Waals surface area contributed by atoms with Crippen molar-refractivity contribution in [3.63, 3.8) is 0 Å². The summed E-state index contributed by atoms with van der Waals surface area (Å²) >= 11 is 4.00. The highest BCUT2D eigenvalue weighted by atomic mass is 32.1. The zero-order valence-electron chi connectivity index (χ0n) is 8.99. The highest BCUT2D eigenvalue weighted by Crippen LogP contribution is 2.03. The number of hydrogen-bond donors (Lipinski definition) is 1. The summed E-state index contributed by atoms with van der Waals surface area (Å²) in [4.78, 5) is 11.2. The van der Waals surface area contributed by atoms with Gasteiger partial charge >= 0.3 is 5.97 Å². The molecule has 0 amide bonds. The van der Waals surface area contributed by atoms with Gasteiger partial charge in [-0.1, -0.05) is 26.7 Å². The van der Waals surface area contributed by atoms with E-state index < -0.39 is 5.44 Å². The van der Waals surface area contributed by atoms with E-state index in [1.807, 2.05) is 6.92 Å². The van der Waals surface area contributed by atoms with E-state index in [0.717, 1.165) is 25.7 Å². The molecular weight excluding hydrogens is 200 g/mol. The molecule has 0 heterocycles.